The summed E-state index contributed by atoms with van der Waals surface area (Å²) in [5.74, 6) is -1.56. The number of hydrogen-bond acceptors (Lipinski definition) is 3. The number of carboxylic acids is 1. The van der Waals surface area contributed by atoms with Crippen molar-refractivity contribution in [2.45, 2.75) is 25.4 Å². The van der Waals surface area contributed by atoms with E-state index in [-0.39, 0.29) is 0 Å². The van der Waals surface area contributed by atoms with Crippen molar-refractivity contribution >= 4 is 11.9 Å². The first-order chi connectivity index (χ1) is 8.06. The molecule has 1 amide bonds. The van der Waals surface area contributed by atoms with E-state index in [9.17, 15) is 9.59 Å². The van der Waals surface area contributed by atoms with Crippen LogP contribution >= 0.6 is 0 Å². The van der Waals surface area contributed by atoms with Crippen molar-refractivity contribution in [2.75, 3.05) is 0 Å². The SMILES string of the molecule is CC[C@@H](N)C(=O)N[C@@H](C(=O)O)c1ccccc1. The van der Waals surface area contributed by atoms with E-state index in [4.69, 9.17) is 10.8 Å². The molecule has 4 N–H and O–H groups in total. The van der Waals surface area contributed by atoms with Crippen LogP contribution in [0.2, 0.25) is 0 Å². The van der Waals surface area contributed by atoms with Gasteiger partial charge < -0.3 is 16.2 Å². The van der Waals surface area contributed by atoms with Crippen LogP contribution in [0.5, 0.6) is 0 Å². The predicted molar refractivity (Wildman–Crippen MR) is 63.2 cm³/mol. The summed E-state index contributed by atoms with van der Waals surface area (Å²) >= 11 is 0. The number of benzene rings is 1. The fourth-order valence-electron chi connectivity index (χ4n) is 1.37. The Labute approximate surface area is 99.6 Å². The number of hydrogen-bond donors (Lipinski definition) is 3. The minimum atomic E-state index is -1.10. The number of carboxylic acid groups (broad SMARTS) is 1. The van der Waals surface area contributed by atoms with Gasteiger partial charge in [-0.05, 0) is 12.0 Å². The molecule has 1 aromatic rings. The zero-order valence-electron chi connectivity index (χ0n) is 9.59. The summed E-state index contributed by atoms with van der Waals surface area (Å²) in [4.78, 5) is 22.7. The van der Waals surface area contributed by atoms with Gasteiger partial charge in [0.1, 0.15) is 0 Å². The first-order valence-electron chi connectivity index (χ1n) is 5.40. The summed E-state index contributed by atoms with van der Waals surface area (Å²) in [7, 11) is 0. The van der Waals surface area contributed by atoms with Gasteiger partial charge in [0.2, 0.25) is 5.91 Å². The normalized spacial score (nSPS) is 13.8. The smallest absolute Gasteiger partial charge is 0.330 e. The molecule has 0 spiro atoms. The van der Waals surface area contributed by atoms with E-state index in [2.05, 4.69) is 5.32 Å². The van der Waals surface area contributed by atoms with E-state index in [1.807, 2.05) is 0 Å². The van der Waals surface area contributed by atoms with Crippen LogP contribution in [0.4, 0.5) is 0 Å². The van der Waals surface area contributed by atoms with Crippen molar-refractivity contribution in [2.24, 2.45) is 5.73 Å². The number of amides is 1. The molecule has 2 atom stereocenters. The molecule has 1 rings (SSSR count). The van der Waals surface area contributed by atoms with Crippen LogP contribution in [0.1, 0.15) is 24.9 Å². The first kappa shape index (κ1) is 13.2. The Kier molecular flexibility index (Phi) is 4.66. The second-order valence-corrected chi connectivity index (χ2v) is 3.71. The molecule has 0 saturated carbocycles. The fraction of sp³-hybridized carbons (Fsp3) is 0.333. The Morgan fingerprint density at radius 3 is 2.41 bits per heavy atom. The number of aliphatic carboxylic acids is 1. The predicted octanol–water partition coefficient (Wildman–Crippen LogP) is 0.666. The van der Waals surface area contributed by atoms with Gasteiger partial charge in [-0.25, -0.2) is 4.79 Å². The molecule has 5 nitrogen and oxygen atoms in total. The van der Waals surface area contributed by atoms with Gasteiger partial charge in [-0.1, -0.05) is 37.3 Å². The highest BCUT2D eigenvalue weighted by Gasteiger charge is 2.23. The highest BCUT2D eigenvalue weighted by molar-refractivity contribution is 5.87. The molecular formula is C12H16N2O3. The maximum atomic E-state index is 11.6. The van der Waals surface area contributed by atoms with E-state index in [1.165, 1.54) is 0 Å². The Balaban J connectivity index is 2.82. The maximum absolute atomic E-state index is 11.6. The maximum Gasteiger partial charge on any atom is 0.330 e. The summed E-state index contributed by atoms with van der Waals surface area (Å²) in [6.07, 6.45) is 0.465. The van der Waals surface area contributed by atoms with Gasteiger partial charge >= 0.3 is 5.97 Å². The van der Waals surface area contributed by atoms with Crippen molar-refractivity contribution in [1.29, 1.82) is 0 Å². The van der Waals surface area contributed by atoms with Gasteiger partial charge in [0.05, 0.1) is 6.04 Å². The number of carbonyl (C=O) groups is 2. The third-order valence-electron chi connectivity index (χ3n) is 2.44. The van der Waals surface area contributed by atoms with E-state index in [0.717, 1.165) is 0 Å². The topological polar surface area (TPSA) is 92.4 Å². The zero-order chi connectivity index (χ0) is 12.8. The first-order valence-corrected chi connectivity index (χ1v) is 5.40. The van der Waals surface area contributed by atoms with Crippen LogP contribution < -0.4 is 11.1 Å². The second-order valence-electron chi connectivity index (χ2n) is 3.71. The minimum Gasteiger partial charge on any atom is -0.479 e. The molecule has 0 aromatic heterocycles. The van der Waals surface area contributed by atoms with Crippen LogP contribution in [0.3, 0.4) is 0 Å². The molecule has 0 fully saturated rings. The molecule has 0 bridgehead atoms. The van der Waals surface area contributed by atoms with Crippen LogP contribution in [0.15, 0.2) is 30.3 Å². The molecule has 92 valence electrons. The molecule has 0 aliphatic rings. The van der Waals surface area contributed by atoms with E-state index < -0.39 is 24.0 Å². The van der Waals surface area contributed by atoms with Gasteiger partial charge in [-0.15, -0.1) is 0 Å². The molecule has 5 heteroatoms. The lowest BCUT2D eigenvalue weighted by molar-refractivity contribution is -0.142. The lowest BCUT2D eigenvalue weighted by atomic mass is 10.1. The van der Waals surface area contributed by atoms with Crippen LogP contribution in [-0.2, 0) is 9.59 Å². The molecule has 0 radical (unpaired) electrons. The average molecular weight is 236 g/mol. The third-order valence-corrected chi connectivity index (χ3v) is 2.44. The van der Waals surface area contributed by atoms with Crippen LogP contribution in [-0.4, -0.2) is 23.0 Å². The number of nitrogens with two attached hydrogens (primary N) is 1. The highest BCUT2D eigenvalue weighted by Crippen LogP contribution is 2.12. The monoisotopic (exact) mass is 236 g/mol. The molecule has 0 aliphatic carbocycles. The summed E-state index contributed by atoms with van der Waals surface area (Å²) in [5.41, 5.74) is 6.06. The Bertz CT molecular complexity index is 392. The van der Waals surface area contributed by atoms with E-state index in [1.54, 1.807) is 37.3 Å². The van der Waals surface area contributed by atoms with Gasteiger partial charge in [0.15, 0.2) is 6.04 Å². The number of carbonyl (C=O) groups excluding carboxylic acids is 1. The molecule has 0 aliphatic heterocycles. The van der Waals surface area contributed by atoms with Crippen molar-refractivity contribution < 1.29 is 14.7 Å². The fourth-order valence-corrected chi connectivity index (χ4v) is 1.37. The Morgan fingerprint density at radius 2 is 1.94 bits per heavy atom. The van der Waals surface area contributed by atoms with Crippen LogP contribution in [0.25, 0.3) is 0 Å². The Hall–Kier alpha value is -1.88. The molecule has 1 aromatic carbocycles. The highest BCUT2D eigenvalue weighted by atomic mass is 16.4. The van der Waals surface area contributed by atoms with Gasteiger partial charge in [-0.2, -0.15) is 0 Å². The van der Waals surface area contributed by atoms with Crippen molar-refractivity contribution in [1.82, 2.24) is 5.32 Å². The largest absolute Gasteiger partial charge is 0.479 e. The zero-order valence-corrected chi connectivity index (χ0v) is 9.59. The lowest BCUT2D eigenvalue weighted by Crippen LogP contribution is -2.43. The lowest BCUT2D eigenvalue weighted by Gasteiger charge is -2.17. The van der Waals surface area contributed by atoms with Crippen LogP contribution in [0, 0.1) is 0 Å². The quantitative estimate of drug-likeness (QED) is 0.700. The van der Waals surface area contributed by atoms with Gasteiger partial charge in [-0.3, -0.25) is 4.79 Å². The minimum absolute atomic E-state index is 0.455. The standard InChI is InChI=1S/C12H16N2O3/c1-2-9(13)11(15)14-10(12(16)17)8-6-4-3-5-7-8/h3-7,9-10H,2,13H2,1H3,(H,14,15)(H,16,17)/t9-,10-/m1/s1. The van der Waals surface area contributed by atoms with Crippen molar-refractivity contribution in [3.05, 3.63) is 35.9 Å². The van der Waals surface area contributed by atoms with E-state index in [0.29, 0.717) is 12.0 Å². The number of nitrogens with one attached hydrogen (secondary N) is 1. The van der Waals surface area contributed by atoms with Crippen molar-refractivity contribution in [3.63, 3.8) is 0 Å². The molecular weight excluding hydrogens is 220 g/mol. The second kappa shape index (κ2) is 6.00. The molecule has 17 heavy (non-hydrogen) atoms. The number of rotatable bonds is 5. The van der Waals surface area contributed by atoms with E-state index >= 15 is 0 Å². The summed E-state index contributed by atoms with van der Waals surface area (Å²) in [6.45, 7) is 1.77. The molecule has 0 saturated heterocycles. The average Bonchev–Trinajstić information content (AvgIpc) is 2.35. The summed E-state index contributed by atoms with van der Waals surface area (Å²) in [5, 5.41) is 11.5. The third kappa shape index (κ3) is 3.57. The van der Waals surface area contributed by atoms with Crippen molar-refractivity contribution in [3.8, 4) is 0 Å². The Morgan fingerprint density at radius 1 is 1.35 bits per heavy atom. The summed E-state index contributed by atoms with van der Waals surface area (Å²) < 4.78 is 0. The van der Waals surface area contributed by atoms with Gasteiger partial charge in [0, 0.05) is 0 Å². The summed E-state index contributed by atoms with van der Waals surface area (Å²) in [6, 6.07) is 6.78. The molecule has 0 unspecified atom stereocenters. The molecule has 0 heterocycles. The van der Waals surface area contributed by atoms with Gasteiger partial charge in [0.25, 0.3) is 0 Å².